The molecule has 0 spiro atoms. The summed E-state index contributed by atoms with van der Waals surface area (Å²) in [6.07, 6.45) is 4.92. The van der Waals surface area contributed by atoms with Crippen molar-refractivity contribution in [2.45, 2.75) is 38.5 Å². The lowest BCUT2D eigenvalue weighted by Crippen LogP contribution is -2.16. The molecule has 82 valence electrons. The molecule has 2 atom stereocenters. The second kappa shape index (κ2) is 4.21. The second-order valence-electron chi connectivity index (χ2n) is 4.64. The molecule has 2 rings (SSSR count). The summed E-state index contributed by atoms with van der Waals surface area (Å²) in [7, 11) is 0. The molecule has 1 aliphatic carbocycles. The third-order valence-electron chi connectivity index (χ3n) is 3.56. The van der Waals surface area contributed by atoms with E-state index < -0.39 is 0 Å². The van der Waals surface area contributed by atoms with Crippen molar-refractivity contribution in [3.8, 4) is 0 Å². The normalized spacial score (nSPS) is 26.5. The monoisotopic (exact) mass is 207 g/mol. The third-order valence-corrected chi connectivity index (χ3v) is 3.56. The van der Waals surface area contributed by atoms with E-state index in [1.54, 1.807) is 12.1 Å². The van der Waals surface area contributed by atoms with E-state index >= 15 is 0 Å². The van der Waals surface area contributed by atoms with Crippen LogP contribution in [0.3, 0.4) is 0 Å². The molecular weight excluding hydrogens is 189 g/mol. The van der Waals surface area contributed by atoms with E-state index in [0.29, 0.717) is 11.8 Å². The number of nitrogen functional groups attached to an aromatic ring is 1. The van der Waals surface area contributed by atoms with Crippen LogP contribution in [0.15, 0.2) is 18.2 Å². The molecule has 0 bridgehead atoms. The Morgan fingerprint density at radius 3 is 2.73 bits per heavy atom. The summed E-state index contributed by atoms with van der Waals surface area (Å²) in [6, 6.07) is 4.74. The van der Waals surface area contributed by atoms with Gasteiger partial charge in [0.25, 0.3) is 0 Å². The molecule has 0 amide bonds. The van der Waals surface area contributed by atoms with Gasteiger partial charge in [-0.2, -0.15) is 0 Å². The van der Waals surface area contributed by atoms with Crippen LogP contribution in [-0.2, 0) is 0 Å². The lowest BCUT2D eigenvalue weighted by Gasteiger charge is -2.29. The fourth-order valence-electron chi connectivity index (χ4n) is 2.65. The highest BCUT2D eigenvalue weighted by Gasteiger charge is 2.24. The van der Waals surface area contributed by atoms with Crippen LogP contribution in [0, 0.1) is 11.7 Å². The Balaban J connectivity index is 2.30. The topological polar surface area (TPSA) is 26.0 Å². The number of hydrogen-bond donors (Lipinski definition) is 1. The van der Waals surface area contributed by atoms with E-state index in [2.05, 4.69) is 6.92 Å². The Labute approximate surface area is 90.5 Å². The van der Waals surface area contributed by atoms with Crippen molar-refractivity contribution in [2.24, 2.45) is 5.92 Å². The molecule has 1 saturated carbocycles. The molecule has 1 fully saturated rings. The van der Waals surface area contributed by atoms with Gasteiger partial charge in [0.2, 0.25) is 0 Å². The molecule has 15 heavy (non-hydrogen) atoms. The second-order valence-corrected chi connectivity index (χ2v) is 4.64. The lowest BCUT2D eigenvalue weighted by molar-refractivity contribution is 0.330. The van der Waals surface area contributed by atoms with Gasteiger partial charge in [-0.15, -0.1) is 0 Å². The Kier molecular flexibility index (Phi) is 2.94. The first-order valence-corrected chi connectivity index (χ1v) is 5.73. The molecule has 0 heterocycles. The highest BCUT2D eigenvalue weighted by molar-refractivity contribution is 5.49. The first-order chi connectivity index (χ1) is 7.18. The van der Waals surface area contributed by atoms with Gasteiger partial charge >= 0.3 is 0 Å². The van der Waals surface area contributed by atoms with E-state index in [9.17, 15) is 4.39 Å². The minimum absolute atomic E-state index is 0.169. The van der Waals surface area contributed by atoms with Crippen LogP contribution < -0.4 is 5.73 Å². The van der Waals surface area contributed by atoms with E-state index in [1.807, 2.05) is 0 Å². The molecule has 1 aromatic rings. The van der Waals surface area contributed by atoms with Gasteiger partial charge in [0.1, 0.15) is 5.82 Å². The Morgan fingerprint density at radius 2 is 2.00 bits per heavy atom. The van der Waals surface area contributed by atoms with Crippen molar-refractivity contribution in [1.82, 2.24) is 0 Å². The van der Waals surface area contributed by atoms with Gasteiger partial charge in [0.15, 0.2) is 0 Å². The Morgan fingerprint density at radius 1 is 1.27 bits per heavy atom. The number of anilines is 1. The minimum atomic E-state index is -0.169. The van der Waals surface area contributed by atoms with Gasteiger partial charge < -0.3 is 5.73 Å². The van der Waals surface area contributed by atoms with Gasteiger partial charge in [0, 0.05) is 5.69 Å². The average Bonchev–Trinajstić information content (AvgIpc) is 2.23. The molecule has 2 heteroatoms. The van der Waals surface area contributed by atoms with Crippen molar-refractivity contribution in [1.29, 1.82) is 0 Å². The van der Waals surface area contributed by atoms with E-state index in [-0.39, 0.29) is 5.82 Å². The molecule has 1 nitrogen and oxygen atoms in total. The van der Waals surface area contributed by atoms with Crippen LogP contribution in [0.2, 0.25) is 0 Å². The van der Waals surface area contributed by atoms with Crippen molar-refractivity contribution in [3.63, 3.8) is 0 Å². The number of hydrogen-bond acceptors (Lipinski definition) is 1. The zero-order valence-corrected chi connectivity index (χ0v) is 9.17. The molecule has 1 aromatic carbocycles. The maximum Gasteiger partial charge on any atom is 0.123 e. The smallest absolute Gasteiger partial charge is 0.123 e. The van der Waals surface area contributed by atoms with Crippen LogP contribution in [0.4, 0.5) is 10.1 Å². The lowest BCUT2D eigenvalue weighted by atomic mass is 9.76. The van der Waals surface area contributed by atoms with Gasteiger partial charge in [-0.1, -0.05) is 26.2 Å². The highest BCUT2D eigenvalue weighted by Crippen LogP contribution is 2.39. The zero-order chi connectivity index (χ0) is 10.8. The summed E-state index contributed by atoms with van der Waals surface area (Å²) in [5.41, 5.74) is 7.68. The van der Waals surface area contributed by atoms with Gasteiger partial charge in [-0.3, -0.25) is 0 Å². The molecule has 0 unspecified atom stereocenters. The predicted molar refractivity (Wildman–Crippen MR) is 61.2 cm³/mol. The fraction of sp³-hybridized carbons (Fsp3) is 0.538. The molecule has 0 radical (unpaired) electrons. The summed E-state index contributed by atoms with van der Waals surface area (Å²) in [4.78, 5) is 0. The van der Waals surface area contributed by atoms with Gasteiger partial charge in [0.05, 0.1) is 0 Å². The first-order valence-electron chi connectivity index (χ1n) is 5.73. The van der Waals surface area contributed by atoms with E-state index in [4.69, 9.17) is 5.73 Å². The maximum absolute atomic E-state index is 13.2. The quantitative estimate of drug-likeness (QED) is 0.698. The van der Waals surface area contributed by atoms with Crippen molar-refractivity contribution in [2.75, 3.05) is 5.73 Å². The molecule has 0 saturated heterocycles. The number of nitrogens with two attached hydrogens (primary N) is 1. The Bertz CT molecular complexity index is 348. The molecule has 0 aromatic heterocycles. The average molecular weight is 207 g/mol. The van der Waals surface area contributed by atoms with Crippen molar-refractivity contribution < 1.29 is 4.39 Å². The minimum Gasteiger partial charge on any atom is -0.398 e. The van der Waals surface area contributed by atoms with Crippen LogP contribution in [0.1, 0.15) is 44.1 Å². The van der Waals surface area contributed by atoms with Crippen LogP contribution in [0.25, 0.3) is 0 Å². The molecule has 0 aliphatic heterocycles. The van der Waals surface area contributed by atoms with Gasteiger partial charge in [-0.25, -0.2) is 4.39 Å². The van der Waals surface area contributed by atoms with Crippen LogP contribution in [0.5, 0.6) is 0 Å². The maximum atomic E-state index is 13.2. The standard InChI is InChI=1S/C13H18FN/c1-9-4-2-3-5-11(9)12-8-10(14)6-7-13(12)15/h6-9,11H,2-5,15H2,1H3/t9-,11-/m1/s1. The molecule has 2 N–H and O–H groups in total. The molecular formula is C13H18FN. The number of halogens is 1. The van der Waals surface area contributed by atoms with Crippen LogP contribution >= 0.6 is 0 Å². The van der Waals surface area contributed by atoms with Crippen molar-refractivity contribution >= 4 is 5.69 Å². The van der Waals surface area contributed by atoms with E-state index in [0.717, 1.165) is 17.7 Å². The SMILES string of the molecule is C[C@@H]1CCCC[C@H]1c1cc(F)ccc1N. The largest absolute Gasteiger partial charge is 0.398 e. The summed E-state index contributed by atoms with van der Waals surface area (Å²) < 4.78 is 13.2. The summed E-state index contributed by atoms with van der Waals surface area (Å²) in [6.45, 7) is 2.24. The van der Waals surface area contributed by atoms with E-state index in [1.165, 1.54) is 25.3 Å². The number of rotatable bonds is 1. The fourth-order valence-corrected chi connectivity index (χ4v) is 2.65. The highest BCUT2D eigenvalue weighted by atomic mass is 19.1. The van der Waals surface area contributed by atoms with Gasteiger partial charge in [-0.05, 0) is 42.0 Å². The summed E-state index contributed by atoms with van der Waals surface area (Å²) in [5, 5.41) is 0. The summed E-state index contributed by atoms with van der Waals surface area (Å²) >= 11 is 0. The molecule has 1 aliphatic rings. The third kappa shape index (κ3) is 2.14. The zero-order valence-electron chi connectivity index (χ0n) is 9.17. The van der Waals surface area contributed by atoms with Crippen molar-refractivity contribution in [3.05, 3.63) is 29.6 Å². The van der Waals surface area contributed by atoms with Crippen LogP contribution in [-0.4, -0.2) is 0 Å². The first kappa shape index (κ1) is 10.5. The number of benzene rings is 1. The summed E-state index contributed by atoms with van der Waals surface area (Å²) in [5.74, 6) is 0.911. The predicted octanol–water partition coefficient (Wildman–Crippen LogP) is 3.70. The Hall–Kier alpha value is -1.05.